The lowest BCUT2D eigenvalue weighted by atomic mass is 10.2. The van der Waals surface area contributed by atoms with Gasteiger partial charge in [0.2, 0.25) is 5.91 Å². The smallest absolute Gasteiger partial charge is 0.220 e. The van der Waals surface area contributed by atoms with Crippen LogP contribution in [0.3, 0.4) is 0 Å². The standard InChI is InChI=1S/C20H22N2O3/c1-15-7-8-18-17(13-15)22-20(25-18)10-9-19(23)21-11-12-24-14-16-5-3-2-4-6-16/h2-8,13H,9-12,14H2,1H3,(H,21,23). The Hall–Kier alpha value is -2.66. The minimum absolute atomic E-state index is 0.0262. The SMILES string of the molecule is Cc1ccc2oc(CCC(=O)NCCOCc3ccccc3)nc2c1. The van der Waals surface area contributed by atoms with Gasteiger partial charge in [0.1, 0.15) is 5.52 Å². The molecule has 0 unspecified atom stereocenters. The van der Waals surface area contributed by atoms with Crippen LogP contribution in [0.5, 0.6) is 0 Å². The lowest BCUT2D eigenvalue weighted by molar-refractivity contribution is -0.121. The highest BCUT2D eigenvalue weighted by Crippen LogP contribution is 2.17. The van der Waals surface area contributed by atoms with E-state index in [1.165, 1.54) is 0 Å². The normalized spacial score (nSPS) is 10.9. The molecule has 130 valence electrons. The van der Waals surface area contributed by atoms with E-state index >= 15 is 0 Å². The molecule has 3 aromatic rings. The first-order valence-electron chi connectivity index (χ1n) is 8.45. The molecule has 1 heterocycles. The van der Waals surface area contributed by atoms with Gasteiger partial charge in [0.15, 0.2) is 11.5 Å². The van der Waals surface area contributed by atoms with Crippen molar-refractivity contribution < 1.29 is 13.9 Å². The van der Waals surface area contributed by atoms with Crippen molar-refractivity contribution >= 4 is 17.0 Å². The number of aromatic nitrogens is 1. The molecule has 0 aliphatic carbocycles. The summed E-state index contributed by atoms with van der Waals surface area (Å²) in [6.45, 7) is 3.56. The van der Waals surface area contributed by atoms with Gasteiger partial charge in [0.05, 0.1) is 13.2 Å². The van der Waals surface area contributed by atoms with E-state index in [2.05, 4.69) is 10.3 Å². The van der Waals surface area contributed by atoms with Crippen LogP contribution in [0.1, 0.15) is 23.4 Å². The van der Waals surface area contributed by atoms with Gasteiger partial charge in [0, 0.05) is 19.4 Å². The van der Waals surface area contributed by atoms with E-state index in [0.29, 0.717) is 38.5 Å². The van der Waals surface area contributed by atoms with Gasteiger partial charge in [-0.1, -0.05) is 36.4 Å². The van der Waals surface area contributed by atoms with Crippen LogP contribution in [0.2, 0.25) is 0 Å². The molecule has 0 saturated carbocycles. The summed E-state index contributed by atoms with van der Waals surface area (Å²) in [4.78, 5) is 16.3. The molecule has 5 nitrogen and oxygen atoms in total. The third kappa shape index (κ3) is 5.16. The van der Waals surface area contributed by atoms with Gasteiger partial charge in [-0.2, -0.15) is 0 Å². The fraction of sp³-hybridized carbons (Fsp3) is 0.300. The summed E-state index contributed by atoms with van der Waals surface area (Å²) < 4.78 is 11.2. The topological polar surface area (TPSA) is 64.4 Å². The average molecular weight is 338 g/mol. The minimum atomic E-state index is -0.0262. The lowest BCUT2D eigenvalue weighted by Gasteiger charge is -2.06. The number of benzene rings is 2. The van der Waals surface area contributed by atoms with Gasteiger partial charge in [-0.25, -0.2) is 4.98 Å². The molecule has 0 fully saturated rings. The van der Waals surface area contributed by atoms with Crippen LogP contribution in [-0.2, 0) is 22.6 Å². The molecule has 0 spiro atoms. The quantitative estimate of drug-likeness (QED) is 0.639. The molecule has 0 saturated heterocycles. The van der Waals surface area contributed by atoms with E-state index < -0.39 is 0 Å². The third-order valence-electron chi connectivity index (χ3n) is 3.83. The second-order valence-corrected chi connectivity index (χ2v) is 5.97. The van der Waals surface area contributed by atoms with Gasteiger partial charge in [-0.3, -0.25) is 4.79 Å². The minimum Gasteiger partial charge on any atom is -0.441 e. The summed E-state index contributed by atoms with van der Waals surface area (Å²) in [7, 11) is 0. The first-order valence-corrected chi connectivity index (χ1v) is 8.45. The zero-order valence-corrected chi connectivity index (χ0v) is 14.3. The molecular weight excluding hydrogens is 316 g/mol. The number of fused-ring (bicyclic) bond motifs is 1. The highest BCUT2D eigenvalue weighted by atomic mass is 16.5. The number of aryl methyl sites for hydroxylation is 2. The van der Waals surface area contributed by atoms with Crippen molar-refractivity contribution in [3.05, 3.63) is 65.5 Å². The molecule has 1 amide bonds. The zero-order valence-electron chi connectivity index (χ0n) is 14.3. The Bertz CT molecular complexity index is 827. The monoisotopic (exact) mass is 338 g/mol. The van der Waals surface area contributed by atoms with Crippen molar-refractivity contribution in [1.82, 2.24) is 10.3 Å². The summed E-state index contributed by atoms with van der Waals surface area (Å²) in [5.41, 5.74) is 3.86. The Labute approximate surface area is 147 Å². The highest BCUT2D eigenvalue weighted by molar-refractivity contribution is 5.76. The summed E-state index contributed by atoms with van der Waals surface area (Å²) in [5, 5.41) is 2.85. The average Bonchev–Trinajstić information content (AvgIpc) is 3.02. The summed E-state index contributed by atoms with van der Waals surface area (Å²) in [6, 6.07) is 15.8. The van der Waals surface area contributed by atoms with Crippen LogP contribution >= 0.6 is 0 Å². The van der Waals surface area contributed by atoms with Crippen molar-refractivity contribution in [3.8, 4) is 0 Å². The number of ether oxygens (including phenoxy) is 1. The second-order valence-electron chi connectivity index (χ2n) is 5.97. The molecule has 0 atom stereocenters. The fourth-order valence-electron chi connectivity index (χ4n) is 2.53. The predicted octanol–water partition coefficient (Wildman–Crippen LogP) is 3.40. The number of rotatable bonds is 8. The predicted molar refractivity (Wildman–Crippen MR) is 96.2 cm³/mol. The van der Waals surface area contributed by atoms with E-state index in [1.807, 2.05) is 55.5 Å². The third-order valence-corrected chi connectivity index (χ3v) is 3.83. The van der Waals surface area contributed by atoms with E-state index in [-0.39, 0.29) is 5.91 Å². The van der Waals surface area contributed by atoms with Crippen molar-refractivity contribution in [2.24, 2.45) is 0 Å². The zero-order chi connectivity index (χ0) is 17.5. The Balaban J connectivity index is 1.34. The number of nitrogens with one attached hydrogen (secondary N) is 1. The molecule has 5 heteroatoms. The van der Waals surface area contributed by atoms with E-state index in [0.717, 1.165) is 22.2 Å². The van der Waals surface area contributed by atoms with Gasteiger partial charge < -0.3 is 14.5 Å². The van der Waals surface area contributed by atoms with Crippen LogP contribution in [0.4, 0.5) is 0 Å². The van der Waals surface area contributed by atoms with Crippen LogP contribution in [-0.4, -0.2) is 24.0 Å². The van der Waals surface area contributed by atoms with Crippen molar-refractivity contribution in [2.45, 2.75) is 26.4 Å². The van der Waals surface area contributed by atoms with Crippen LogP contribution in [0, 0.1) is 6.92 Å². The van der Waals surface area contributed by atoms with Gasteiger partial charge in [-0.05, 0) is 30.2 Å². The number of carbonyl (C=O) groups excluding carboxylic acids is 1. The van der Waals surface area contributed by atoms with Gasteiger partial charge >= 0.3 is 0 Å². The molecule has 25 heavy (non-hydrogen) atoms. The largest absolute Gasteiger partial charge is 0.441 e. The molecule has 1 aromatic heterocycles. The summed E-state index contributed by atoms with van der Waals surface area (Å²) >= 11 is 0. The first-order chi connectivity index (χ1) is 12.2. The molecule has 0 bridgehead atoms. The van der Waals surface area contributed by atoms with Crippen LogP contribution < -0.4 is 5.32 Å². The van der Waals surface area contributed by atoms with E-state index in [9.17, 15) is 4.79 Å². The molecule has 0 aliphatic heterocycles. The Kier molecular flexibility index (Phi) is 5.80. The van der Waals surface area contributed by atoms with Crippen LogP contribution in [0.25, 0.3) is 11.1 Å². The molecular formula is C20H22N2O3. The number of nitrogens with zero attached hydrogens (tertiary/aromatic N) is 1. The molecule has 0 aliphatic rings. The number of amides is 1. The highest BCUT2D eigenvalue weighted by Gasteiger charge is 2.08. The van der Waals surface area contributed by atoms with Gasteiger partial charge in [-0.15, -0.1) is 0 Å². The number of hydrogen-bond acceptors (Lipinski definition) is 4. The summed E-state index contributed by atoms with van der Waals surface area (Å²) in [5.74, 6) is 0.567. The second kappa shape index (κ2) is 8.44. The molecule has 0 radical (unpaired) electrons. The number of carbonyl (C=O) groups is 1. The molecule has 2 aromatic carbocycles. The van der Waals surface area contributed by atoms with Crippen LogP contribution in [0.15, 0.2) is 52.9 Å². The Morgan fingerprint density at radius 1 is 1.20 bits per heavy atom. The Morgan fingerprint density at radius 3 is 2.88 bits per heavy atom. The van der Waals surface area contributed by atoms with Crippen molar-refractivity contribution in [3.63, 3.8) is 0 Å². The number of oxazole rings is 1. The fourth-order valence-corrected chi connectivity index (χ4v) is 2.53. The summed E-state index contributed by atoms with van der Waals surface area (Å²) in [6.07, 6.45) is 0.842. The number of hydrogen-bond donors (Lipinski definition) is 1. The first kappa shape index (κ1) is 17.2. The van der Waals surface area contributed by atoms with E-state index in [4.69, 9.17) is 9.15 Å². The maximum atomic E-state index is 11.9. The van der Waals surface area contributed by atoms with Crippen molar-refractivity contribution in [2.75, 3.05) is 13.2 Å². The maximum absolute atomic E-state index is 11.9. The Morgan fingerprint density at radius 2 is 2.04 bits per heavy atom. The molecule has 1 N–H and O–H groups in total. The molecule has 3 rings (SSSR count). The van der Waals surface area contributed by atoms with E-state index in [1.54, 1.807) is 0 Å². The lowest BCUT2D eigenvalue weighted by Crippen LogP contribution is -2.27. The van der Waals surface area contributed by atoms with Gasteiger partial charge in [0.25, 0.3) is 0 Å². The van der Waals surface area contributed by atoms with Crippen molar-refractivity contribution in [1.29, 1.82) is 0 Å². The maximum Gasteiger partial charge on any atom is 0.220 e.